The van der Waals surface area contributed by atoms with Gasteiger partial charge < -0.3 is 14.4 Å². The standard InChI is InChI=1S/C48H92ClNO5/c1-5-9-13-17-21-25-29-34-44(35-30-26-22-18-14-10-6-2)47(52)54-42-40-50(46(51)38-33-39-49)41-43-55-48(53)45(36-31-27-23-19-15-11-7-3)37-32-28-24-20-16-12-8-4/h44-45H,5-43H2,1-4H3. The summed E-state index contributed by atoms with van der Waals surface area (Å²) >= 11 is 5.94. The van der Waals surface area contributed by atoms with Gasteiger partial charge in [0, 0.05) is 12.3 Å². The maximum atomic E-state index is 13.4. The van der Waals surface area contributed by atoms with Crippen molar-refractivity contribution in [3.63, 3.8) is 0 Å². The van der Waals surface area contributed by atoms with Gasteiger partial charge in [-0.1, -0.05) is 207 Å². The molecule has 326 valence electrons. The first-order chi connectivity index (χ1) is 26.9. The van der Waals surface area contributed by atoms with E-state index >= 15 is 0 Å². The summed E-state index contributed by atoms with van der Waals surface area (Å²) in [5, 5.41) is 0. The van der Waals surface area contributed by atoms with Crippen LogP contribution >= 0.6 is 11.6 Å². The Balaban J connectivity index is 5.13. The summed E-state index contributed by atoms with van der Waals surface area (Å²) in [6.07, 6.45) is 39.0. The van der Waals surface area contributed by atoms with Crippen molar-refractivity contribution in [2.24, 2.45) is 11.8 Å². The molecule has 6 nitrogen and oxygen atoms in total. The molecule has 7 heteroatoms. The molecule has 0 aliphatic heterocycles. The number of alkyl halides is 1. The average Bonchev–Trinajstić information content (AvgIpc) is 3.19. The van der Waals surface area contributed by atoms with Crippen LogP contribution in [-0.4, -0.2) is 54.9 Å². The Labute approximate surface area is 347 Å². The van der Waals surface area contributed by atoms with Crippen molar-refractivity contribution in [1.82, 2.24) is 4.90 Å². The quantitative estimate of drug-likeness (QED) is 0.0349. The molecule has 0 bridgehead atoms. The molecule has 0 saturated carbocycles. The lowest BCUT2D eigenvalue weighted by molar-refractivity contribution is -0.152. The third-order valence-electron chi connectivity index (χ3n) is 11.4. The number of amides is 1. The molecule has 55 heavy (non-hydrogen) atoms. The van der Waals surface area contributed by atoms with E-state index in [0.29, 0.717) is 31.8 Å². The fourth-order valence-electron chi connectivity index (χ4n) is 7.64. The number of carbonyl (C=O) groups excluding carboxylic acids is 3. The normalized spacial score (nSPS) is 11.5. The number of carbonyl (C=O) groups is 3. The molecule has 0 aliphatic rings. The van der Waals surface area contributed by atoms with E-state index in [1.807, 2.05) is 0 Å². The second-order valence-electron chi connectivity index (χ2n) is 16.5. The SMILES string of the molecule is CCCCCCCCCC(CCCCCCCCC)C(=O)OCCN(CCOC(=O)C(CCCCCCCCC)CCCCCCCCC)C(=O)CCCCl. The van der Waals surface area contributed by atoms with Gasteiger partial charge >= 0.3 is 11.9 Å². The van der Waals surface area contributed by atoms with Gasteiger partial charge in [0.05, 0.1) is 24.9 Å². The van der Waals surface area contributed by atoms with Crippen LogP contribution in [0.1, 0.15) is 246 Å². The maximum Gasteiger partial charge on any atom is 0.308 e. The fourth-order valence-corrected chi connectivity index (χ4v) is 7.77. The molecule has 0 aromatic carbocycles. The van der Waals surface area contributed by atoms with E-state index in [-0.39, 0.29) is 42.9 Å². The van der Waals surface area contributed by atoms with E-state index in [4.69, 9.17) is 21.1 Å². The van der Waals surface area contributed by atoms with Gasteiger partial charge in [-0.05, 0) is 32.1 Å². The first-order valence-corrected chi connectivity index (χ1v) is 24.6. The Hall–Kier alpha value is -1.30. The lowest BCUT2D eigenvalue weighted by Gasteiger charge is -2.24. The van der Waals surface area contributed by atoms with Crippen LogP contribution in [0, 0.1) is 11.8 Å². The zero-order valence-corrected chi connectivity index (χ0v) is 37.9. The van der Waals surface area contributed by atoms with Crippen LogP contribution in [0.5, 0.6) is 0 Å². The highest BCUT2D eigenvalue weighted by Gasteiger charge is 2.23. The van der Waals surface area contributed by atoms with Crippen molar-refractivity contribution in [2.75, 3.05) is 32.2 Å². The molecule has 0 heterocycles. The topological polar surface area (TPSA) is 72.9 Å². The second-order valence-corrected chi connectivity index (χ2v) is 16.9. The van der Waals surface area contributed by atoms with Crippen LogP contribution in [0.15, 0.2) is 0 Å². The van der Waals surface area contributed by atoms with E-state index in [0.717, 1.165) is 51.4 Å². The van der Waals surface area contributed by atoms with Crippen LogP contribution in [0.4, 0.5) is 0 Å². The number of halogens is 1. The van der Waals surface area contributed by atoms with Crippen molar-refractivity contribution in [2.45, 2.75) is 246 Å². The molecule has 0 N–H and O–H groups in total. The largest absolute Gasteiger partial charge is 0.464 e. The highest BCUT2D eigenvalue weighted by molar-refractivity contribution is 6.17. The van der Waals surface area contributed by atoms with Crippen molar-refractivity contribution >= 4 is 29.4 Å². The number of nitrogens with zero attached hydrogens (tertiary/aromatic N) is 1. The number of esters is 2. The van der Waals surface area contributed by atoms with Crippen molar-refractivity contribution < 1.29 is 23.9 Å². The fraction of sp³-hybridized carbons (Fsp3) is 0.938. The minimum atomic E-state index is -0.116. The molecule has 0 rings (SSSR count). The Morgan fingerprint density at radius 2 is 0.691 bits per heavy atom. The van der Waals surface area contributed by atoms with Gasteiger partial charge in [0.25, 0.3) is 0 Å². The summed E-state index contributed by atoms with van der Waals surface area (Å²) in [5.41, 5.74) is 0. The first kappa shape index (κ1) is 53.7. The highest BCUT2D eigenvalue weighted by Crippen LogP contribution is 2.23. The number of hydrogen-bond donors (Lipinski definition) is 0. The van der Waals surface area contributed by atoms with E-state index in [2.05, 4.69) is 27.7 Å². The number of rotatable bonds is 43. The predicted molar refractivity (Wildman–Crippen MR) is 236 cm³/mol. The lowest BCUT2D eigenvalue weighted by atomic mass is 9.94. The number of unbranched alkanes of at least 4 members (excludes halogenated alkanes) is 24. The molecule has 0 saturated heterocycles. The third kappa shape index (κ3) is 34.5. The van der Waals surface area contributed by atoms with E-state index in [1.165, 1.54) is 154 Å². The molecule has 0 aromatic rings. The summed E-state index contributed by atoms with van der Waals surface area (Å²) in [5.74, 6) is 0.0132. The summed E-state index contributed by atoms with van der Waals surface area (Å²) < 4.78 is 11.8. The molecule has 0 aliphatic carbocycles. The molecule has 0 atom stereocenters. The average molecular weight is 799 g/mol. The Morgan fingerprint density at radius 1 is 0.418 bits per heavy atom. The molecule has 0 aromatic heterocycles. The van der Waals surface area contributed by atoms with Crippen molar-refractivity contribution in [3.8, 4) is 0 Å². The number of ether oxygens (including phenoxy) is 2. The van der Waals surface area contributed by atoms with E-state index in [9.17, 15) is 14.4 Å². The minimum absolute atomic E-state index is 0.0295. The van der Waals surface area contributed by atoms with Gasteiger partial charge in [-0.25, -0.2) is 0 Å². The molecule has 0 fully saturated rings. The first-order valence-electron chi connectivity index (χ1n) is 24.1. The van der Waals surface area contributed by atoms with Gasteiger partial charge in [-0.15, -0.1) is 11.6 Å². The summed E-state index contributed by atoms with van der Waals surface area (Å²) in [4.78, 5) is 41.7. The van der Waals surface area contributed by atoms with Crippen molar-refractivity contribution in [3.05, 3.63) is 0 Å². The minimum Gasteiger partial charge on any atom is -0.464 e. The number of hydrogen-bond acceptors (Lipinski definition) is 5. The van der Waals surface area contributed by atoms with E-state index in [1.54, 1.807) is 4.90 Å². The Morgan fingerprint density at radius 3 is 0.964 bits per heavy atom. The zero-order valence-electron chi connectivity index (χ0n) is 37.1. The van der Waals surface area contributed by atoms with E-state index < -0.39 is 0 Å². The third-order valence-corrected chi connectivity index (χ3v) is 11.6. The van der Waals surface area contributed by atoms with Crippen LogP contribution in [-0.2, 0) is 23.9 Å². The predicted octanol–water partition coefficient (Wildman–Crippen LogP) is 14.7. The van der Waals surface area contributed by atoms with Gasteiger partial charge in [-0.3, -0.25) is 14.4 Å². The maximum absolute atomic E-state index is 13.4. The van der Waals surface area contributed by atoms with Crippen LogP contribution in [0.25, 0.3) is 0 Å². The molecule has 0 spiro atoms. The van der Waals surface area contributed by atoms with Crippen LogP contribution in [0.3, 0.4) is 0 Å². The van der Waals surface area contributed by atoms with Gasteiger partial charge in [0.1, 0.15) is 13.2 Å². The zero-order chi connectivity index (χ0) is 40.5. The molecule has 0 unspecified atom stereocenters. The lowest BCUT2D eigenvalue weighted by Crippen LogP contribution is -2.38. The monoisotopic (exact) mass is 798 g/mol. The summed E-state index contributed by atoms with van der Waals surface area (Å²) in [6.45, 7) is 9.95. The second kappa shape index (κ2) is 42.3. The summed E-state index contributed by atoms with van der Waals surface area (Å²) in [6, 6.07) is 0. The smallest absolute Gasteiger partial charge is 0.308 e. The van der Waals surface area contributed by atoms with Gasteiger partial charge in [0.15, 0.2) is 0 Å². The van der Waals surface area contributed by atoms with Crippen molar-refractivity contribution in [1.29, 1.82) is 0 Å². The highest BCUT2D eigenvalue weighted by atomic mass is 35.5. The van der Waals surface area contributed by atoms with Crippen LogP contribution in [0.2, 0.25) is 0 Å². The Bertz CT molecular complexity index is 760. The summed E-state index contributed by atoms with van der Waals surface area (Å²) in [7, 11) is 0. The van der Waals surface area contributed by atoms with Crippen LogP contribution < -0.4 is 0 Å². The molecular formula is C48H92ClNO5. The van der Waals surface area contributed by atoms with Gasteiger partial charge in [-0.2, -0.15) is 0 Å². The molecule has 0 radical (unpaired) electrons. The molecule has 1 amide bonds. The van der Waals surface area contributed by atoms with Gasteiger partial charge in [0.2, 0.25) is 5.91 Å². The molecular weight excluding hydrogens is 706 g/mol. The Kier molecular flexibility index (Phi) is 41.3.